The second-order valence-electron chi connectivity index (χ2n) is 7.42. The standard InChI is InChI=1S/C28H17BrN4/c29-25-12-5-4-11-24(25)28-32-26(21-7-2-1-3-8-21)31-27(33-28)23-10-6-9-22(17-23)20-15-13-19(18-30)14-16-20/h1-17H. The lowest BCUT2D eigenvalue weighted by Crippen LogP contribution is -2.00. The molecule has 0 aliphatic heterocycles. The molecule has 0 saturated heterocycles. The van der Waals surface area contributed by atoms with Gasteiger partial charge in [0.25, 0.3) is 0 Å². The molecule has 0 aliphatic rings. The average Bonchev–Trinajstić information content (AvgIpc) is 2.89. The van der Waals surface area contributed by atoms with Gasteiger partial charge in [-0.3, -0.25) is 0 Å². The molecule has 4 aromatic carbocycles. The number of halogens is 1. The lowest BCUT2D eigenvalue weighted by atomic mass is 10.0. The van der Waals surface area contributed by atoms with E-state index < -0.39 is 0 Å². The largest absolute Gasteiger partial charge is 0.208 e. The van der Waals surface area contributed by atoms with Gasteiger partial charge in [0, 0.05) is 21.2 Å². The van der Waals surface area contributed by atoms with Crippen molar-refractivity contribution in [2.24, 2.45) is 0 Å². The fourth-order valence-corrected chi connectivity index (χ4v) is 4.02. The predicted octanol–water partition coefficient (Wildman–Crippen LogP) is 7.17. The van der Waals surface area contributed by atoms with Gasteiger partial charge in [-0.05, 0) is 35.4 Å². The van der Waals surface area contributed by atoms with Crippen molar-refractivity contribution >= 4 is 15.9 Å². The van der Waals surface area contributed by atoms with Crippen LogP contribution in [0.25, 0.3) is 45.3 Å². The third-order valence-corrected chi connectivity index (χ3v) is 5.94. The molecule has 1 heterocycles. The van der Waals surface area contributed by atoms with Crippen molar-refractivity contribution in [3.8, 4) is 51.4 Å². The molecule has 0 amide bonds. The molecule has 0 N–H and O–H groups in total. The van der Waals surface area contributed by atoms with Crippen LogP contribution in [0.15, 0.2) is 108 Å². The van der Waals surface area contributed by atoms with E-state index in [9.17, 15) is 0 Å². The normalized spacial score (nSPS) is 10.5. The molecular weight excluding hydrogens is 472 g/mol. The van der Waals surface area contributed by atoms with Gasteiger partial charge in [-0.2, -0.15) is 5.26 Å². The molecule has 5 heteroatoms. The maximum Gasteiger partial charge on any atom is 0.165 e. The monoisotopic (exact) mass is 488 g/mol. The summed E-state index contributed by atoms with van der Waals surface area (Å²) in [6.45, 7) is 0. The van der Waals surface area contributed by atoms with Crippen molar-refractivity contribution < 1.29 is 0 Å². The first-order chi connectivity index (χ1) is 16.2. The Kier molecular flexibility index (Phi) is 5.75. The average molecular weight is 489 g/mol. The van der Waals surface area contributed by atoms with Gasteiger partial charge < -0.3 is 0 Å². The third kappa shape index (κ3) is 4.43. The first-order valence-electron chi connectivity index (χ1n) is 10.4. The van der Waals surface area contributed by atoms with Crippen LogP contribution in [0.3, 0.4) is 0 Å². The number of nitrogens with zero attached hydrogens (tertiary/aromatic N) is 4. The third-order valence-electron chi connectivity index (χ3n) is 5.25. The Labute approximate surface area is 200 Å². The van der Waals surface area contributed by atoms with Gasteiger partial charge in [0.05, 0.1) is 11.6 Å². The van der Waals surface area contributed by atoms with Crippen molar-refractivity contribution in [2.75, 3.05) is 0 Å². The van der Waals surface area contributed by atoms with Crippen molar-refractivity contribution in [3.63, 3.8) is 0 Å². The van der Waals surface area contributed by atoms with E-state index in [0.717, 1.165) is 32.3 Å². The van der Waals surface area contributed by atoms with Crippen LogP contribution in [-0.2, 0) is 0 Å². The van der Waals surface area contributed by atoms with Crippen LogP contribution in [0.4, 0.5) is 0 Å². The Morgan fingerprint density at radius 2 is 1.15 bits per heavy atom. The summed E-state index contributed by atoms with van der Waals surface area (Å²) < 4.78 is 0.924. The maximum atomic E-state index is 9.08. The summed E-state index contributed by atoms with van der Waals surface area (Å²) in [5.74, 6) is 1.83. The van der Waals surface area contributed by atoms with Crippen LogP contribution >= 0.6 is 15.9 Å². The lowest BCUT2D eigenvalue weighted by Gasteiger charge is -2.10. The van der Waals surface area contributed by atoms with Gasteiger partial charge >= 0.3 is 0 Å². The van der Waals surface area contributed by atoms with Crippen LogP contribution in [0.5, 0.6) is 0 Å². The molecule has 33 heavy (non-hydrogen) atoms. The van der Waals surface area contributed by atoms with Crippen molar-refractivity contribution in [1.29, 1.82) is 5.26 Å². The maximum absolute atomic E-state index is 9.08. The van der Waals surface area contributed by atoms with Crippen molar-refractivity contribution in [1.82, 2.24) is 15.0 Å². The van der Waals surface area contributed by atoms with E-state index in [1.807, 2.05) is 97.1 Å². The molecule has 0 fully saturated rings. The molecule has 0 radical (unpaired) electrons. The van der Waals surface area contributed by atoms with E-state index in [4.69, 9.17) is 20.2 Å². The highest BCUT2D eigenvalue weighted by atomic mass is 79.9. The topological polar surface area (TPSA) is 62.5 Å². The summed E-state index contributed by atoms with van der Waals surface area (Å²) in [5, 5.41) is 9.08. The molecule has 0 spiro atoms. The van der Waals surface area contributed by atoms with E-state index >= 15 is 0 Å². The van der Waals surface area contributed by atoms with Gasteiger partial charge in [0.2, 0.25) is 0 Å². The minimum atomic E-state index is 0.602. The molecule has 0 saturated carbocycles. The van der Waals surface area contributed by atoms with E-state index in [1.54, 1.807) is 0 Å². The van der Waals surface area contributed by atoms with E-state index in [2.05, 4.69) is 28.1 Å². The summed E-state index contributed by atoms with van der Waals surface area (Å²) in [6, 6.07) is 35.6. The second-order valence-corrected chi connectivity index (χ2v) is 8.28. The van der Waals surface area contributed by atoms with Crippen LogP contribution in [0.2, 0.25) is 0 Å². The van der Waals surface area contributed by atoms with Crippen molar-refractivity contribution in [3.05, 3.63) is 113 Å². The Bertz CT molecular complexity index is 1470. The highest BCUT2D eigenvalue weighted by Crippen LogP contribution is 2.30. The van der Waals surface area contributed by atoms with E-state index in [-0.39, 0.29) is 0 Å². The summed E-state index contributed by atoms with van der Waals surface area (Å²) in [6.07, 6.45) is 0. The zero-order valence-corrected chi connectivity index (χ0v) is 19.1. The van der Waals surface area contributed by atoms with E-state index in [0.29, 0.717) is 23.0 Å². The number of hydrogen-bond acceptors (Lipinski definition) is 4. The Hall–Kier alpha value is -4.14. The number of aromatic nitrogens is 3. The molecule has 0 unspecified atom stereocenters. The van der Waals surface area contributed by atoms with Gasteiger partial charge in [-0.1, -0.05) is 94.8 Å². The van der Waals surface area contributed by atoms with Gasteiger partial charge in [-0.15, -0.1) is 0 Å². The first-order valence-corrected chi connectivity index (χ1v) is 11.2. The highest BCUT2D eigenvalue weighted by molar-refractivity contribution is 9.10. The zero-order valence-electron chi connectivity index (χ0n) is 17.5. The van der Waals surface area contributed by atoms with E-state index in [1.165, 1.54) is 0 Å². The summed E-state index contributed by atoms with van der Waals surface area (Å²) in [4.78, 5) is 14.4. The molecule has 0 atom stereocenters. The molecule has 4 nitrogen and oxygen atoms in total. The zero-order chi connectivity index (χ0) is 22.6. The van der Waals surface area contributed by atoms with Crippen LogP contribution in [0, 0.1) is 11.3 Å². The molecule has 0 aliphatic carbocycles. The SMILES string of the molecule is N#Cc1ccc(-c2cccc(-c3nc(-c4ccccc4)nc(-c4ccccc4Br)n3)c2)cc1. The molecule has 0 bridgehead atoms. The minimum absolute atomic E-state index is 0.602. The molecular formula is C28H17BrN4. The summed E-state index contributed by atoms with van der Waals surface area (Å²) >= 11 is 3.63. The summed E-state index contributed by atoms with van der Waals surface area (Å²) in [7, 11) is 0. The Balaban J connectivity index is 1.65. The molecule has 5 aromatic rings. The van der Waals surface area contributed by atoms with Gasteiger partial charge in [-0.25, -0.2) is 15.0 Å². The number of rotatable bonds is 4. The second kappa shape index (κ2) is 9.15. The molecule has 156 valence electrons. The smallest absolute Gasteiger partial charge is 0.165 e. The fourth-order valence-electron chi connectivity index (χ4n) is 3.56. The molecule has 1 aromatic heterocycles. The minimum Gasteiger partial charge on any atom is -0.208 e. The fraction of sp³-hybridized carbons (Fsp3) is 0. The van der Waals surface area contributed by atoms with Gasteiger partial charge in [0.15, 0.2) is 17.5 Å². The summed E-state index contributed by atoms with van der Waals surface area (Å²) in [5.41, 5.74) is 5.42. The number of nitriles is 1. The Morgan fingerprint density at radius 3 is 1.88 bits per heavy atom. The Morgan fingerprint density at radius 1 is 0.545 bits per heavy atom. The van der Waals surface area contributed by atoms with Crippen LogP contribution in [-0.4, -0.2) is 15.0 Å². The van der Waals surface area contributed by atoms with Crippen molar-refractivity contribution in [2.45, 2.75) is 0 Å². The predicted molar refractivity (Wildman–Crippen MR) is 134 cm³/mol. The molecule has 5 rings (SSSR count). The van der Waals surface area contributed by atoms with Gasteiger partial charge in [0.1, 0.15) is 0 Å². The quantitative estimate of drug-likeness (QED) is 0.268. The number of hydrogen-bond donors (Lipinski definition) is 0. The lowest BCUT2D eigenvalue weighted by molar-refractivity contribution is 1.07. The number of benzene rings is 4. The van der Waals surface area contributed by atoms with Crippen LogP contribution < -0.4 is 0 Å². The van der Waals surface area contributed by atoms with Crippen LogP contribution in [0.1, 0.15) is 5.56 Å². The first kappa shape index (κ1) is 20.7. The highest BCUT2D eigenvalue weighted by Gasteiger charge is 2.14.